The Morgan fingerprint density at radius 1 is 0.971 bits per heavy atom. The third kappa shape index (κ3) is 5.18. The molecule has 188 valence electrons. The van der Waals surface area contributed by atoms with Crippen molar-refractivity contribution >= 4 is 9.84 Å². The van der Waals surface area contributed by atoms with Gasteiger partial charge in [-0.15, -0.1) is 0 Å². The number of hydrogen-bond acceptors (Lipinski definition) is 6. The number of benzene rings is 2. The van der Waals surface area contributed by atoms with Gasteiger partial charge in [0.05, 0.1) is 10.6 Å². The third-order valence-electron chi connectivity index (χ3n) is 6.02. The largest absolute Gasteiger partial charge is 0.492 e. The predicted molar refractivity (Wildman–Crippen MR) is 136 cm³/mol. The molecule has 0 spiro atoms. The molecule has 0 atom stereocenters. The van der Waals surface area contributed by atoms with Gasteiger partial charge in [0.2, 0.25) is 15.7 Å². The Morgan fingerprint density at radius 2 is 1.54 bits per heavy atom. The lowest BCUT2D eigenvalue weighted by Crippen LogP contribution is -2.31. The zero-order valence-electron chi connectivity index (χ0n) is 21.3. The van der Waals surface area contributed by atoms with Crippen molar-refractivity contribution in [3.05, 3.63) is 75.3 Å². The van der Waals surface area contributed by atoms with Crippen LogP contribution in [0.2, 0.25) is 0 Å². The van der Waals surface area contributed by atoms with Crippen LogP contribution in [0.1, 0.15) is 64.1 Å². The molecule has 0 bridgehead atoms. The van der Waals surface area contributed by atoms with Crippen LogP contribution in [0.4, 0.5) is 0 Å². The highest BCUT2D eigenvalue weighted by Gasteiger charge is 2.31. The fourth-order valence-electron chi connectivity index (χ4n) is 4.05. The molecule has 0 radical (unpaired) electrons. The van der Waals surface area contributed by atoms with Gasteiger partial charge in [0.15, 0.2) is 4.90 Å². The Balaban J connectivity index is 2.34. The standard InChI is InChI=1S/C27H34N2O5S/c1-7-18-11-10-12-19(8-2)23(18)29-22(17-34-9-3)28-25(30)24(26(29)31)35(32,33)21-15-13-20(14-16-21)27(4,5)6/h10-16,30H,7-9,17H2,1-6H3. The van der Waals surface area contributed by atoms with Gasteiger partial charge in [0.1, 0.15) is 12.4 Å². The molecule has 0 unspecified atom stereocenters. The molecule has 8 heteroatoms. The van der Waals surface area contributed by atoms with Crippen molar-refractivity contribution in [3.63, 3.8) is 0 Å². The number of para-hydroxylation sites is 1. The Hall–Kier alpha value is -2.97. The molecule has 1 heterocycles. The first-order chi connectivity index (χ1) is 16.5. The zero-order valence-corrected chi connectivity index (χ0v) is 22.1. The third-order valence-corrected chi connectivity index (χ3v) is 7.80. The topological polar surface area (TPSA) is 98.5 Å². The molecule has 0 aliphatic heterocycles. The molecule has 2 aromatic carbocycles. The van der Waals surface area contributed by atoms with Crippen LogP contribution in [0.5, 0.6) is 5.88 Å². The minimum absolute atomic E-state index is 0.0545. The summed E-state index contributed by atoms with van der Waals surface area (Å²) in [6.45, 7) is 12.1. The second-order valence-electron chi connectivity index (χ2n) is 9.37. The van der Waals surface area contributed by atoms with Gasteiger partial charge in [-0.2, -0.15) is 4.98 Å². The van der Waals surface area contributed by atoms with Crippen LogP contribution >= 0.6 is 0 Å². The van der Waals surface area contributed by atoms with Crippen LogP contribution in [0, 0.1) is 0 Å². The number of sulfone groups is 1. The van der Waals surface area contributed by atoms with Crippen molar-refractivity contribution in [1.82, 2.24) is 9.55 Å². The summed E-state index contributed by atoms with van der Waals surface area (Å²) >= 11 is 0. The number of nitrogens with zero attached hydrogens (tertiary/aromatic N) is 2. The second kappa shape index (κ2) is 10.3. The molecule has 3 rings (SSSR count). The average molecular weight is 499 g/mol. The molecule has 7 nitrogen and oxygen atoms in total. The summed E-state index contributed by atoms with van der Waals surface area (Å²) in [5.74, 6) is -0.681. The van der Waals surface area contributed by atoms with Gasteiger partial charge < -0.3 is 9.84 Å². The van der Waals surface area contributed by atoms with Crippen LogP contribution < -0.4 is 5.56 Å². The van der Waals surface area contributed by atoms with E-state index in [1.807, 2.05) is 52.8 Å². The zero-order chi connectivity index (χ0) is 26.0. The molecule has 0 aliphatic carbocycles. The lowest BCUT2D eigenvalue weighted by molar-refractivity contribution is 0.125. The maximum Gasteiger partial charge on any atom is 0.281 e. The van der Waals surface area contributed by atoms with Crippen molar-refractivity contribution in [1.29, 1.82) is 0 Å². The number of aryl methyl sites for hydroxylation is 2. The van der Waals surface area contributed by atoms with E-state index >= 15 is 0 Å². The Morgan fingerprint density at radius 3 is 2.03 bits per heavy atom. The summed E-state index contributed by atoms with van der Waals surface area (Å²) in [7, 11) is -4.36. The van der Waals surface area contributed by atoms with E-state index in [4.69, 9.17) is 4.74 Å². The van der Waals surface area contributed by atoms with Gasteiger partial charge in [0.25, 0.3) is 5.56 Å². The molecule has 0 aliphatic rings. The molecule has 1 N–H and O–H groups in total. The Kier molecular flexibility index (Phi) is 7.87. The van der Waals surface area contributed by atoms with Crippen LogP contribution in [0.15, 0.2) is 57.1 Å². The number of aromatic hydroxyl groups is 1. The van der Waals surface area contributed by atoms with Crippen molar-refractivity contribution in [2.75, 3.05) is 6.61 Å². The van der Waals surface area contributed by atoms with Crippen molar-refractivity contribution in [2.24, 2.45) is 0 Å². The molecule has 35 heavy (non-hydrogen) atoms. The maximum atomic E-state index is 13.9. The summed E-state index contributed by atoms with van der Waals surface area (Å²) in [5.41, 5.74) is 2.27. The molecule has 0 saturated heterocycles. The summed E-state index contributed by atoms with van der Waals surface area (Å²) in [6.07, 6.45) is 1.25. The number of ether oxygens (including phenoxy) is 1. The van der Waals surface area contributed by atoms with E-state index in [1.165, 1.54) is 16.7 Å². The maximum absolute atomic E-state index is 13.9. The second-order valence-corrected chi connectivity index (χ2v) is 11.3. The summed E-state index contributed by atoms with van der Waals surface area (Å²) < 4.78 is 34.0. The molecular weight excluding hydrogens is 464 g/mol. The predicted octanol–water partition coefficient (Wildman–Crippen LogP) is 4.73. The van der Waals surface area contributed by atoms with Crippen molar-refractivity contribution in [3.8, 4) is 11.6 Å². The van der Waals surface area contributed by atoms with Crippen molar-refractivity contribution in [2.45, 2.75) is 76.2 Å². The van der Waals surface area contributed by atoms with E-state index in [1.54, 1.807) is 19.1 Å². The van der Waals surface area contributed by atoms with Crippen LogP contribution in [0.3, 0.4) is 0 Å². The lowest BCUT2D eigenvalue weighted by atomic mass is 9.87. The van der Waals surface area contributed by atoms with Gasteiger partial charge in [0, 0.05) is 6.61 Å². The highest BCUT2D eigenvalue weighted by Crippen LogP contribution is 2.30. The molecule has 0 saturated carbocycles. The van der Waals surface area contributed by atoms with Gasteiger partial charge in [-0.3, -0.25) is 9.36 Å². The van der Waals surface area contributed by atoms with Gasteiger partial charge >= 0.3 is 0 Å². The average Bonchev–Trinajstić information content (AvgIpc) is 2.81. The smallest absolute Gasteiger partial charge is 0.281 e. The van der Waals surface area contributed by atoms with Gasteiger partial charge in [-0.1, -0.05) is 65.0 Å². The summed E-state index contributed by atoms with van der Waals surface area (Å²) in [4.78, 5) is 17.2. The lowest BCUT2D eigenvalue weighted by Gasteiger charge is -2.21. The number of rotatable bonds is 8. The Bertz CT molecular complexity index is 1350. The highest BCUT2D eigenvalue weighted by molar-refractivity contribution is 7.91. The monoisotopic (exact) mass is 498 g/mol. The van der Waals surface area contributed by atoms with E-state index in [2.05, 4.69) is 4.98 Å². The van der Waals surface area contributed by atoms with E-state index in [0.29, 0.717) is 25.1 Å². The minimum Gasteiger partial charge on any atom is -0.492 e. The summed E-state index contributed by atoms with van der Waals surface area (Å²) in [5, 5.41) is 10.7. The first-order valence-corrected chi connectivity index (χ1v) is 13.3. The van der Waals surface area contributed by atoms with Gasteiger partial charge in [-0.25, -0.2) is 8.42 Å². The first kappa shape index (κ1) is 26.6. The first-order valence-electron chi connectivity index (χ1n) is 11.9. The molecule has 0 amide bonds. The van der Waals surface area contributed by atoms with Crippen LogP contribution in [-0.4, -0.2) is 29.7 Å². The van der Waals surface area contributed by atoms with E-state index in [9.17, 15) is 18.3 Å². The Labute approximate surface area is 207 Å². The minimum atomic E-state index is -4.36. The van der Waals surface area contributed by atoms with Crippen LogP contribution in [0.25, 0.3) is 5.69 Å². The van der Waals surface area contributed by atoms with Gasteiger partial charge in [-0.05, 0) is 54.0 Å². The number of aromatic nitrogens is 2. The SMILES string of the molecule is CCOCc1nc(O)c(S(=O)(=O)c2ccc(C(C)(C)C)cc2)c(=O)n1-c1c(CC)cccc1CC. The van der Waals surface area contributed by atoms with E-state index in [-0.39, 0.29) is 22.7 Å². The van der Waals surface area contributed by atoms with E-state index < -0.39 is 26.2 Å². The highest BCUT2D eigenvalue weighted by atomic mass is 32.2. The quantitative estimate of drug-likeness (QED) is 0.482. The molecule has 1 aromatic heterocycles. The molecular formula is C27H34N2O5S. The van der Waals surface area contributed by atoms with Crippen molar-refractivity contribution < 1.29 is 18.3 Å². The fourth-order valence-corrected chi connectivity index (χ4v) is 5.38. The normalized spacial score (nSPS) is 12.2. The molecule has 0 fully saturated rings. The molecule has 3 aromatic rings. The van der Waals surface area contributed by atoms with Crippen LogP contribution in [-0.2, 0) is 39.4 Å². The number of hydrogen-bond donors (Lipinski definition) is 1. The summed E-state index contributed by atoms with van der Waals surface area (Å²) in [6, 6.07) is 12.1. The fraction of sp³-hybridized carbons (Fsp3) is 0.407. The van der Waals surface area contributed by atoms with E-state index in [0.717, 1.165) is 16.7 Å².